The average Bonchev–Trinajstić information content (AvgIpc) is 2.35. The second-order valence-electron chi connectivity index (χ2n) is 4.71. The monoisotopic (exact) mass is 262 g/mol. The zero-order chi connectivity index (χ0) is 14.3. The average molecular weight is 262 g/mol. The molecule has 0 heterocycles. The molecule has 0 aromatic heterocycles. The van der Waals surface area contributed by atoms with Crippen LogP contribution in [0.5, 0.6) is 0 Å². The molecule has 0 N–H and O–H groups in total. The molecule has 1 atom stereocenters. The summed E-state index contributed by atoms with van der Waals surface area (Å²) in [4.78, 5) is 11.9. The lowest BCUT2D eigenvalue weighted by Gasteiger charge is -2.14. The fraction of sp³-hybridized carbons (Fsp3) is 0.438. The third-order valence-electron chi connectivity index (χ3n) is 2.43. The van der Waals surface area contributed by atoms with Gasteiger partial charge in [-0.2, -0.15) is 0 Å². The summed E-state index contributed by atoms with van der Waals surface area (Å²) in [6.45, 7) is 6.02. The van der Waals surface area contributed by atoms with Crippen molar-refractivity contribution >= 4 is 5.97 Å². The Morgan fingerprint density at radius 3 is 2.74 bits per heavy atom. The van der Waals surface area contributed by atoms with E-state index in [2.05, 4.69) is 11.8 Å². The molecule has 0 spiro atoms. The second kappa shape index (κ2) is 7.58. The number of carbonyl (C=O) groups is 1. The third-order valence-corrected chi connectivity index (χ3v) is 2.43. The van der Waals surface area contributed by atoms with Crippen molar-refractivity contribution in [1.82, 2.24) is 0 Å². The number of esters is 1. The van der Waals surface area contributed by atoms with Crippen molar-refractivity contribution in [3.05, 3.63) is 35.6 Å². The summed E-state index contributed by atoms with van der Waals surface area (Å²) < 4.78 is 18.4. The van der Waals surface area contributed by atoms with Gasteiger partial charge in [0.2, 0.25) is 0 Å². The van der Waals surface area contributed by atoms with E-state index in [0.717, 1.165) is 0 Å². The van der Waals surface area contributed by atoms with Gasteiger partial charge >= 0.3 is 5.97 Å². The number of hydrogen-bond donors (Lipinski definition) is 0. The van der Waals surface area contributed by atoms with Gasteiger partial charge in [-0.1, -0.05) is 38.7 Å². The fourth-order valence-corrected chi connectivity index (χ4v) is 1.59. The van der Waals surface area contributed by atoms with Crippen LogP contribution in [0.3, 0.4) is 0 Å². The van der Waals surface area contributed by atoms with Gasteiger partial charge in [0, 0.05) is 6.42 Å². The van der Waals surface area contributed by atoms with Crippen LogP contribution in [0, 0.1) is 23.6 Å². The summed E-state index contributed by atoms with van der Waals surface area (Å²) in [5.74, 6) is 5.24. The molecule has 0 radical (unpaired) electrons. The highest BCUT2D eigenvalue weighted by Gasteiger charge is 2.15. The molecule has 102 valence electrons. The van der Waals surface area contributed by atoms with Crippen molar-refractivity contribution in [3.8, 4) is 11.8 Å². The Hall–Kier alpha value is -1.82. The van der Waals surface area contributed by atoms with E-state index in [9.17, 15) is 9.18 Å². The Morgan fingerprint density at radius 2 is 2.16 bits per heavy atom. The first-order valence-corrected chi connectivity index (χ1v) is 6.47. The van der Waals surface area contributed by atoms with E-state index in [1.807, 2.05) is 20.8 Å². The van der Waals surface area contributed by atoms with E-state index in [4.69, 9.17) is 4.74 Å². The van der Waals surface area contributed by atoms with Crippen molar-refractivity contribution in [3.63, 3.8) is 0 Å². The van der Waals surface area contributed by atoms with E-state index in [0.29, 0.717) is 18.8 Å². The molecule has 0 saturated carbocycles. The molecular formula is C16H19FO2. The summed E-state index contributed by atoms with van der Waals surface area (Å²) in [6, 6.07) is 5.48. The number of hydrogen-bond acceptors (Lipinski definition) is 2. The van der Waals surface area contributed by atoms with E-state index in [-0.39, 0.29) is 5.56 Å². The summed E-state index contributed by atoms with van der Waals surface area (Å²) >= 11 is 0. The summed E-state index contributed by atoms with van der Waals surface area (Å²) in [6.07, 6.45) is 0.955. The minimum atomic E-state index is -0.532. The molecule has 19 heavy (non-hydrogen) atoms. The first-order chi connectivity index (χ1) is 9.02. The molecule has 0 aliphatic carbocycles. The Labute approximate surface area is 114 Å². The van der Waals surface area contributed by atoms with Crippen LogP contribution in [0.2, 0.25) is 0 Å². The molecule has 1 aromatic carbocycles. The maximum atomic E-state index is 13.0. The maximum absolute atomic E-state index is 13.0. The first-order valence-electron chi connectivity index (χ1n) is 6.47. The molecular weight excluding hydrogens is 243 g/mol. The quantitative estimate of drug-likeness (QED) is 0.609. The van der Waals surface area contributed by atoms with Crippen LogP contribution in [-0.2, 0) is 4.74 Å². The lowest BCUT2D eigenvalue weighted by Crippen LogP contribution is -2.19. The molecule has 0 amide bonds. The number of halogens is 1. The SMILES string of the molecule is CCC#CC(CC(C)C)OC(=O)c1cccc(F)c1. The molecule has 0 bridgehead atoms. The van der Waals surface area contributed by atoms with Crippen LogP contribution in [0.15, 0.2) is 24.3 Å². The third kappa shape index (κ3) is 5.56. The molecule has 1 unspecified atom stereocenters. The molecule has 0 fully saturated rings. The smallest absolute Gasteiger partial charge is 0.339 e. The van der Waals surface area contributed by atoms with Gasteiger partial charge in [0.05, 0.1) is 5.56 Å². The molecule has 3 heteroatoms. The predicted molar refractivity (Wildman–Crippen MR) is 73.1 cm³/mol. The Bertz CT molecular complexity index is 483. The van der Waals surface area contributed by atoms with Crippen LogP contribution in [0.4, 0.5) is 4.39 Å². The summed E-state index contributed by atoms with van der Waals surface area (Å²) in [5, 5.41) is 0. The number of ether oxygens (including phenoxy) is 1. The van der Waals surface area contributed by atoms with E-state index in [1.54, 1.807) is 0 Å². The highest BCUT2D eigenvalue weighted by atomic mass is 19.1. The van der Waals surface area contributed by atoms with Crippen molar-refractivity contribution in [1.29, 1.82) is 0 Å². The Kier molecular flexibility index (Phi) is 6.08. The predicted octanol–water partition coefficient (Wildman–Crippen LogP) is 3.81. The first kappa shape index (κ1) is 15.2. The van der Waals surface area contributed by atoms with Crippen LogP contribution in [0.1, 0.15) is 44.0 Å². The van der Waals surface area contributed by atoms with Crippen LogP contribution >= 0.6 is 0 Å². The summed E-state index contributed by atoms with van der Waals surface area (Å²) in [5.41, 5.74) is 0.215. The lowest BCUT2D eigenvalue weighted by atomic mass is 10.1. The van der Waals surface area contributed by atoms with Crippen molar-refractivity contribution < 1.29 is 13.9 Å². The minimum Gasteiger partial charge on any atom is -0.446 e. The van der Waals surface area contributed by atoms with E-state index in [1.165, 1.54) is 24.3 Å². The fourth-order valence-electron chi connectivity index (χ4n) is 1.59. The van der Waals surface area contributed by atoms with Crippen LogP contribution in [-0.4, -0.2) is 12.1 Å². The number of carbonyl (C=O) groups excluding carboxylic acids is 1. The second-order valence-corrected chi connectivity index (χ2v) is 4.71. The van der Waals surface area contributed by atoms with Crippen molar-refractivity contribution in [2.45, 2.75) is 39.7 Å². The highest BCUT2D eigenvalue weighted by Crippen LogP contribution is 2.12. The Balaban J connectivity index is 2.75. The van der Waals surface area contributed by atoms with Gasteiger partial charge in [-0.15, -0.1) is 0 Å². The Morgan fingerprint density at radius 1 is 1.42 bits per heavy atom. The highest BCUT2D eigenvalue weighted by molar-refractivity contribution is 5.89. The molecule has 1 rings (SSSR count). The van der Waals surface area contributed by atoms with Gasteiger partial charge in [0.25, 0.3) is 0 Å². The minimum absolute atomic E-state index is 0.215. The topological polar surface area (TPSA) is 26.3 Å². The molecule has 0 saturated heterocycles. The number of rotatable bonds is 4. The van der Waals surface area contributed by atoms with Gasteiger partial charge in [0.1, 0.15) is 5.82 Å². The molecule has 1 aromatic rings. The van der Waals surface area contributed by atoms with Gasteiger partial charge in [0.15, 0.2) is 6.10 Å². The van der Waals surface area contributed by atoms with Gasteiger partial charge < -0.3 is 4.74 Å². The lowest BCUT2D eigenvalue weighted by molar-refractivity contribution is 0.0377. The molecule has 0 aliphatic rings. The van der Waals surface area contributed by atoms with Gasteiger partial charge in [-0.05, 0) is 30.5 Å². The van der Waals surface area contributed by atoms with Gasteiger partial charge in [-0.3, -0.25) is 0 Å². The van der Waals surface area contributed by atoms with Crippen LogP contribution in [0.25, 0.3) is 0 Å². The van der Waals surface area contributed by atoms with E-state index < -0.39 is 17.9 Å². The molecule has 2 nitrogen and oxygen atoms in total. The van der Waals surface area contributed by atoms with Crippen LogP contribution < -0.4 is 0 Å². The molecule has 0 aliphatic heterocycles. The zero-order valence-electron chi connectivity index (χ0n) is 11.6. The van der Waals surface area contributed by atoms with Gasteiger partial charge in [-0.25, -0.2) is 9.18 Å². The summed E-state index contributed by atoms with van der Waals surface area (Å²) in [7, 11) is 0. The van der Waals surface area contributed by atoms with Crippen molar-refractivity contribution in [2.75, 3.05) is 0 Å². The number of benzene rings is 1. The van der Waals surface area contributed by atoms with E-state index >= 15 is 0 Å². The standard InChI is InChI=1S/C16H19FO2/c1-4-5-9-15(10-12(2)3)19-16(18)13-7-6-8-14(17)11-13/h6-8,11-12,15H,4,10H2,1-3H3. The zero-order valence-corrected chi connectivity index (χ0v) is 11.6. The largest absolute Gasteiger partial charge is 0.446 e. The van der Waals surface area contributed by atoms with Crippen molar-refractivity contribution in [2.24, 2.45) is 5.92 Å². The normalized spacial score (nSPS) is 11.6. The maximum Gasteiger partial charge on any atom is 0.339 e.